The van der Waals surface area contributed by atoms with Crippen LogP contribution in [0.3, 0.4) is 0 Å². The van der Waals surface area contributed by atoms with Gasteiger partial charge in [-0.05, 0) is 76.1 Å². The molecule has 1 aliphatic carbocycles. The van der Waals surface area contributed by atoms with E-state index in [-0.39, 0.29) is 16.7 Å². The summed E-state index contributed by atoms with van der Waals surface area (Å²) in [6.45, 7) is 14.2. The molecule has 0 radical (unpaired) electrons. The lowest BCUT2D eigenvalue weighted by Crippen LogP contribution is -2.34. The summed E-state index contributed by atoms with van der Waals surface area (Å²) < 4.78 is 0. The van der Waals surface area contributed by atoms with Crippen molar-refractivity contribution in [1.29, 1.82) is 0 Å². The fraction of sp³-hybridized carbons (Fsp3) is 0.400. The number of hydrogen-bond acceptors (Lipinski definition) is 2. The Morgan fingerprint density at radius 2 is 1.61 bits per heavy atom. The number of pyridine rings is 1. The van der Waals surface area contributed by atoms with Gasteiger partial charge in [-0.2, -0.15) is 0 Å². The summed E-state index contributed by atoms with van der Waals surface area (Å²) >= 11 is 0. The van der Waals surface area contributed by atoms with Crippen LogP contribution in [0.5, 0.6) is 0 Å². The SMILES string of the molecule is CC(C)c1ccc(C(=O)N(Cc2ccc3c(c2)C(C)(C)CCC3(C)C)c2cccnc2)cc1. The van der Waals surface area contributed by atoms with E-state index in [2.05, 4.69) is 76.9 Å². The Kier molecular flexibility index (Phi) is 6.18. The van der Waals surface area contributed by atoms with Gasteiger partial charge in [-0.15, -0.1) is 0 Å². The molecule has 3 nitrogen and oxygen atoms in total. The minimum atomic E-state index is -0.00406. The summed E-state index contributed by atoms with van der Waals surface area (Å²) in [4.78, 5) is 19.8. The van der Waals surface area contributed by atoms with E-state index in [0.717, 1.165) is 11.3 Å². The zero-order chi connectivity index (χ0) is 23.8. The van der Waals surface area contributed by atoms with Crippen LogP contribution in [0.25, 0.3) is 0 Å². The van der Waals surface area contributed by atoms with Crippen LogP contribution in [0.15, 0.2) is 67.0 Å². The van der Waals surface area contributed by atoms with Gasteiger partial charge in [-0.25, -0.2) is 0 Å². The third kappa shape index (κ3) is 4.73. The van der Waals surface area contributed by atoms with Crippen molar-refractivity contribution in [3.8, 4) is 0 Å². The zero-order valence-corrected chi connectivity index (χ0v) is 20.9. The average Bonchev–Trinajstić information content (AvgIpc) is 2.81. The number of nitrogens with zero attached hydrogens (tertiary/aromatic N) is 2. The van der Waals surface area contributed by atoms with E-state index in [1.54, 1.807) is 12.4 Å². The highest BCUT2D eigenvalue weighted by molar-refractivity contribution is 6.06. The standard InChI is InChI=1S/C30H36N2O/c1-21(2)23-10-12-24(13-11-23)28(33)32(25-8-7-17-31-19-25)20-22-9-14-26-27(18-22)30(5,6)16-15-29(26,3)4/h7-14,17-19,21H,15-16,20H2,1-6H3. The first kappa shape index (κ1) is 23.2. The van der Waals surface area contributed by atoms with Crippen LogP contribution in [0.1, 0.15) is 92.9 Å². The second-order valence-electron chi connectivity index (χ2n) is 11.0. The number of rotatable bonds is 5. The van der Waals surface area contributed by atoms with E-state index in [0.29, 0.717) is 18.0 Å². The van der Waals surface area contributed by atoms with Crippen molar-refractivity contribution in [2.24, 2.45) is 0 Å². The largest absolute Gasteiger partial charge is 0.302 e. The van der Waals surface area contributed by atoms with Crippen molar-refractivity contribution < 1.29 is 4.79 Å². The summed E-state index contributed by atoms with van der Waals surface area (Å²) in [5.41, 5.74) is 7.06. The second kappa shape index (κ2) is 8.78. The summed E-state index contributed by atoms with van der Waals surface area (Å²) in [5.74, 6) is 0.433. The van der Waals surface area contributed by atoms with Crippen molar-refractivity contribution >= 4 is 11.6 Å². The molecule has 0 saturated carbocycles. The quantitative estimate of drug-likeness (QED) is 0.414. The molecule has 1 aromatic heterocycles. The molecule has 3 heteroatoms. The molecule has 3 aromatic rings. The number of carbonyl (C=O) groups is 1. The number of hydrogen-bond donors (Lipinski definition) is 0. The predicted octanol–water partition coefficient (Wildman–Crippen LogP) is 7.40. The molecule has 0 N–H and O–H groups in total. The lowest BCUT2D eigenvalue weighted by atomic mass is 9.63. The Labute approximate surface area is 198 Å². The molecule has 0 saturated heterocycles. The van der Waals surface area contributed by atoms with Crippen LogP contribution in [0.2, 0.25) is 0 Å². The number of anilines is 1. The minimum absolute atomic E-state index is 0.00406. The van der Waals surface area contributed by atoms with Gasteiger partial charge in [0, 0.05) is 11.8 Å². The van der Waals surface area contributed by atoms with Gasteiger partial charge in [0.15, 0.2) is 0 Å². The highest BCUT2D eigenvalue weighted by Crippen LogP contribution is 2.46. The Morgan fingerprint density at radius 3 is 2.21 bits per heavy atom. The predicted molar refractivity (Wildman–Crippen MR) is 137 cm³/mol. The first-order valence-corrected chi connectivity index (χ1v) is 12.0. The maximum Gasteiger partial charge on any atom is 0.258 e. The van der Waals surface area contributed by atoms with Gasteiger partial charge >= 0.3 is 0 Å². The fourth-order valence-electron chi connectivity index (χ4n) is 4.88. The second-order valence-corrected chi connectivity index (χ2v) is 11.0. The topological polar surface area (TPSA) is 33.2 Å². The first-order chi connectivity index (χ1) is 15.6. The number of fused-ring (bicyclic) bond motifs is 1. The number of aromatic nitrogens is 1. The van der Waals surface area contributed by atoms with Gasteiger partial charge in [0.1, 0.15) is 0 Å². The van der Waals surface area contributed by atoms with Crippen molar-refractivity contribution in [2.45, 2.75) is 77.7 Å². The smallest absolute Gasteiger partial charge is 0.258 e. The zero-order valence-electron chi connectivity index (χ0n) is 20.9. The van der Waals surface area contributed by atoms with Gasteiger partial charge in [-0.1, -0.05) is 71.9 Å². The van der Waals surface area contributed by atoms with Crippen LogP contribution in [-0.4, -0.2) is 10.9 Å². The third-order valence-electron chi connectivity index (χ3n) is 7.28. The summed E-state index contributed by atoms with van der Waals surface area (Å²) in [7, 11) is 0. The normalized spacial score (nSPS) is 16.3. The van der Waals surface area contributed by atoms with E-state index < -0.39 is 0 Å². The molecule has 0 fully saturated rings. The van der Waals surface area contributed by atoms with Crippen LogP contribution in [0, 0.1) is 0 Å². The Hall–Kier alpha value is -2.94. The molecule has 0 aliphatic heterocycles. The van der Waals surface area contributed by atoms with Gasteiger partial charge in [0.2, 0.25) is 0 Å². The van der Waals surface area contributed by atoms with E-state index in [9.17, 15) is 4.79 Å². The molecule has 0 atom stereocenters. The number of amides is 1. The average molecular weight is 441 g/mol. The molecule has 0 spiro atoms. The fourth-order valence-corrected chi connectivity index (χ4v) is 4.88. The van der Waals surface area contributed by atoms with E-state index >= 15 is 0 Å². The molecule has 4 rings (SSSR count). The van der Waals surface area contributed by atoms with Gasteiger partial charge in [0.05, 0.1) is 18.4 Å². The van der Waals surface area contributed by atoms with E-state index in [4.69, 9.17) is 0 Å². The summed E-state index contributed by atoms with van der Waals surface area (Å²) in [6, 6.07) is 18.7. The Balaban J connectivity index is 1.71. The highest BCUT2D eigenvalue weighted by Gasteiger charge is 2.37. The Bertz CT molecular complexity index is 1130. The lowest BCUT2D eigenvalue weighted by Gasteiger charge is -2.42. The molecule has 2 aromatic carbocycles. The minimum Gasteiger partial charge on any atom is -0.302 e. The molecule has 33 heavy (non-hydrogen) atoms. The molecular weight excluding hydrogens is 404 g/mol. The first-order valence-electron chi connectivity index (χ1n) is 12.0. The monoisotopic (exact) mass is 440 g/mol. The molecule has 1 amide bonds. The maximum atomic E-state index is 13.6. The van der Waals surface area contributed by atoms with Crippen LogP contribution >= 0.6 is 0 Å². The van der Waals surface area contributed by atoms with Crippen molar-refractivity contribution in [2.75, 3.05) is 4.90 Å². The van der Waals surface area contributed by atoms with Gasteiger partial charge < -0.3 is 4.90 Å². The van der Waals surface area contributed by atoms with Crippen molar-refractivity contribution in [1.82, 2.24) is 4.98 Å². The van der Waals surface area contributed by atoms with Gasteiger partial charge in [0.25, 0.3) is 5.91 Å². The Morgan fingerprint density at radius 1 is 0.939 bits per heavy atom. The molecule has 172 valence electrons. The third-order valence-corrected chi connectivity index (χ3v) is 7.28. The van der Waals surface area contributed by atoms with Crippen LogP contribution in [-0.2, 0) is 17.4 Å². The molecular formula is C30H36N2O. The van der Waals surface area contributed by atoms with Gasteiger partial charge in [-0.3, -0.25) is 9.78 Å². The summed E-state index contributed by atoms with van der Waals surface area (Å²) in [5, 5.41) is 0. The van der Waals surface area contributed by atoms with Crippen LogP contribution in [0.4, 0.5) is 5.69 Å². The molecule has 1 aliphatic rings. The van der Waals surface area contributed by atoms with E-state index in [1.165, 1.54) is 29.5 Å². The van der Waals surface area contributed by atoms with Crippen LogP contribution < -0.4 is 4.90 Å². The van der Waals surface area contributed by atoms with Crippen molar-refractivity contribution in [3.05, 3.63) is 94.8 Å². The number of carbonyl (C=O) groups excluding carboxylic acids is 1. The highest BCUT2D eigenvalue weighted by atomic mass is 16.2. The molecule has 1 heterocycles. The van der Waals surface area contributed by atoms with E-state index in [1.807, 2.05) is 29.2 Å². The summed E-state index contributed by atoms with van der Waals surface area (Å²) in [6.07, 6.45) is 5.88. The number of benzene rings is 2. The lowest BCUT2D eigenvalue weighted by molar-refractivity contribution is 0.0985. The maximum absolute atomic E-state index is 13.6. The van der Waals surface area contributed by atoms with Crippen molar-refractivity contribution in [3.63, 3.8) is 0 Å². The molecule has 0 unspecified atom stereocenters. The molecule has 0 bridgehead atoms.